The van der Waals surface area contributed by atoms with Gasteiger partial charge in [-0.1, -0.05) is 20.8 Å². The molecule has 4 nitrogen and oxygen atoms in total. The molecule has 23 heavy (non-hydrogen) atoms. The van der Waals surface area contributed by atoms with E-state index < -0.39 is 0 Å². The van der Waals surface area contributed by atoms with Gasteiger partial charge in [-0.25, -0.2) is 4.98 Å². The van der Waals surface area contributed by atoms with Gasteiger partial charge in [-0.05, 0) is 49.0 Å². The highest BCUT2D eigenvalue weighted by Crippen LogP contribution is 2.45. The molecule has 0 aromatic carbocycles. The zero-order valence-corrected chi connectivity index (χ0v) is 15.2. The van der Waals surface area contributed by atoms with Gasteiger partial charge in [-0.2, -0.15) is 4.98 Å². The topological polar surface area (TPSA) is 55.0 Å². The number of anilines is 2. The van der Waals surface area contributed by atoms with Crippen LogP contribution in [0, 0.1) is 11.3 Å². The predicted molar refractivity (Wildman–Crippen MR) is 98.2 cm³/mol. The monoisotopic (exact) mass is 330 g/mol. The molecule has 4 rings (SSSR count). The molecule has 5 heteroatoms. The third kappa shape index (κ3) is 2.59. The molecule has 2 N–H and O–H groups in total. The van der Waals surface area contributed by atoms with Crippen molar-refractivity contribution in [2.45, 2.75) is 52.9 Å². The van der Waals surface area contributed by atoms with E-state index in [0.717, 1.165) is 36.8 Å². The van der Waals surface area contributed by atoms with E-state index in [-0.39, 0.29) is 0 Å². The number of hydrogen-bond acceptors (Lipinski definition) is 5. The number of fused-ring (bicyclic) bond motifs is 3. The first-order chi connectivity index (χ1) is 10.9. The van der Waals surface area contributed by atoms with Crippen LogP contribution >= 0.6 is 11.3 Å². The Labute approximate surface area is 142 Å². The van der Waals surface area contributed by atoms with Gasteiger partial charge in [-0.15, -0.1) is 11.3 Å². The average molecular weight is 331 g/mol. The van der Waals surface area contributed by atoms with Crippen molar-refractivity contribution >= 4 is 33.3 Å². The lowest BCUT2D eigenvalue weighted by atomic mass is 9.72. The number of nitrogens with two attached hydrogens (primary N) is 1. The van der Waals surface area contributed by atoms with Crippen LogP contribution < -0.4 is 10.6 Å². The van der Waals surface area contributed by atoms with E-state index in [9.17, 15) is 0 Å². The van der Waals surface area contributed by atoms with Gasteiger partial charge in [0.25, 0.3) is 0 Å². The first kappa shape index (κ1) is 15.2. The van der Waals surface area contributed by atoms with Crippen LogP contribution in [0.1, 0.15) is 50.5 Å². The fraction of sp³-hybridized carbons (Fsp3) is 0.667. The quantitative estimate of drug-likeness (QED) is 0.858. The number of thiophene rings is 1. The van der Waals surface area contributed by atoms with Crippen molar-refractivity contribution in [2.75, 3.05) is 23.7 Å². The zero-order valence-electron chi connectivity index (χ0n) is 14.4. The molecule has 1 atom stereocenters. The molecule has 2 aromatic rings. The van der Waals surface area contributed by atoms with E-state index in [1.807, 2.05) is 11.3 Å². The Morgan fingerprint density at radius 1 is 1.17 bits per heavy atom. The Kier molecular flexibility index (Phi) is 3.52. The van der Waals surface area contributed by atoms with Gasteiger partial charge in [0.2, 0.25) is 5.95 Å². The minimum absolute atomic E-state index is 0.350. The van der Waals surface area contributed by atoms with Crippen molar-refractivity contribution in [3.63, 3.8) is 0 Å². The molecule has 1 fully saturated rings. The fourth-order valence-corrected chi connectivity index (χ4v) is 5.32. The standard InChI is InChI=1S/C18H26N4S/c1-18(2,3)11-6-7-13-12(10-11)14-15(23-13)16(21-17(19)20-14)22-8-4-5-9-22/h11H,4-10H2,1-3H3,(H2,19,20,21). The summed E-state index contributed by atoms with van der Waals surface area (Å²) in [7, 11) is 0. The van der Waals surface area contributed by atoms with E-state index in [0.29, 0.717) is 11.4 Å². The third-order valence-corrected chi connectivity index (χ3v) is 6.79. The minimum atomic E-state index is 0.350. The summed E-state index contributed by atoms with van der Waals surface area (Å²) in [5.74, 6) is 2.23. The van der Waals surface area contributed by atoms with E-state index in [1.165, 1.54) is 40.8 Å². The highest BCUT2D eigenvalue weighted by Gasteiger charge is 2.32. The van der Waals surface area contributed by atoms with Crippen molar-refractivity contribution in [1.29, 1.82) is 0 Å². The molecule has 3 heterocycles. The second-order valence-corrected chi connectivity index (χ2v) is 9.19. The highest BCUT2D eigenvalue weighted by molar-refractivity contribution is 7.19. The SMILES string of the molecule is CC(C)(C)C1CCc2sc3c(N4CCCC4)nc(N)nc3c2C1. The van der Waals surface area contributed by atoms with Crippen molar-refractivity contribution in [3.05, 3.63) is 10.4 Å². The molecule has 1 aliphatic carbocycles. The van der Waals surface area contributed by atoms with Crippen LogP contribution in [0.2, 0.25) is 0 Å². The Morgan fingerprint density at radius 3 is 2.61 bits per heavy atom. The molecule has 2 aromatic heterocycles. The average Bonchev–Trinajstić information content (AvgIpc) is 3.12. The number of nitrogens with zero attached hydrogens (tertiary/aromatic N) is 3. The molecular weight excluding hydrogens is 304 g/mol. The normalized spacial score (nSPS) is 21.9. The van der Waals surface area contributed by atoms with Crippen LogP contribution in [0.15, 0.2) is 0 Å². The van der Waals surface area contributed by atoms with E-state index in [1.54, 1.807) is 0 Å². The fourth-order valence-electron chi connectivity index (χ4n) is 4.02. The maximum Gasteiger partial charge on any atom is 0.222 e. The summed E-state index contributed by atoms with van der Waals surface area (Å²) < 4.78 is 1.26. The molecule has 0 radical (unpaired) electrons. The summed E-state index contributed by atoms with van der Waals surface area (Å²) >= 11 is 1.91. The third-order valence-electron chi connectivity index (χ3n) is 5.51. The van der Waals surface area contributed by atoms with Gasteiger partial charge in [0, 0.05) is 18.0 Å². The highest BCUT2D eigenvalue weighted by atomic mass is 32.1. The molecule has 124 valence electrons. The Bertz CT molecular complexity index is 738. The second kappa shape index (κ2) is 5.33. The summed E-state index contributed by atoms with van der Waals surface area (Å²) in [4.78, 5) is 13.2. The van der Waals surface area contributed by atoms with Gasteiger partial charge >= 0.3 is 0 Å². The number of rotatable bonds is 1. The van der Waals surface area contributed by atoms with Crippen molar-refractivity contribution < 1.29 is 0 Å². The van der Waals surface area contributed by atoms with E-state index in [4.69, 9.17) is 5.73 Å². The molecule has 0 amide bonds. The molecule has 0 saturated carbocycles. The smallest absolute Gasteiger partial charge is 0.222 e. The first-order valence-corrected chi connectivity index (χ1v) is 9.58. The summed E-state index contributed by atoms with van der Waals surface area (Å²) in [6.45, 7) is 9.26. The van der Waals surface area contributed by atoms with Crippen molar-refractivity contribution in [1.82, 2.24) is 9.97 Å². The predicted octanol–water partition coefficient (Wildman–Crippen LogP) is 4.02. The maximum absolute atomic E-state index is 6.06. The number of aromatic nitrogens is 2. The largest absolute Gasteiger partial charge is 0.368 e. The molecule has 1 unspecified atom stereocenters. The lowest BCUT2D eigenvalue weighted by Gasteiger charge is -2.33. The van der Waals surface area contributed by atoms with Crippen LogP contribution in [0.4, 0.5) is 11.8 Å². The van der Waals surface area contributed by atoms with E-state index in [2.05, 4.69) is 35.6 Å². The molecule has 0 spiro atoms. The van der Waals surface area contributed by atoms with Gasteiger partial charge in [0.1, 0.15) is 0 Å². The minimum Gasteiger partial charge on any atom is -0.368 e. The summed E-state index contributed by atoms with van der Waals surface area (Å²) in [5, 5.41) is 0. The Hall–Kier alpha value is -1.36. The summed E-state index contributed by atoms with van der Waals surface area (Å²) in [6.07, 6.45) is 6.10. The van der Waals surface area contributed by atoms with Crippen LogP contribution in [-0.4, -0.2) is 23.1 Å². The van der Waals surface area contributed by atoms with Gasteiger partial charge in [0.05, 0.1) is 10.2 Å². The van der Waals surface area contributed by atoms with Crippen molar-refractivity contribution in [3.8, 4) is 0 Å². The van der Waals surface area contributed by atoms with Crippen molar-refractivity contribution in [2.24, 2.45) is 11.3 Å². The zero-order chi connectivity index (χ0) is 16.2. The molecule has 1 saturated heterocycles. The number of aryl methyl sites for hydroxylation is 1. The molecule has 2 aliphatic rings. The van der Waals surface area contributed by atoms with Crippen LogP contribution in [-0.2, 0) is 12.8 Å². The number of nitrogen functional groups attached to an aromatic ring is 1. The summed E-state index contributed by atoms with van der Waals surface area (Å²) in [6, 6.07) is 0. The second-order valence-electron chi connectivity index (χ2n) is 8.09. The Morgan fingerprint density at radius 2 is 1.91 bits per heavy atom. The molecule has 1 aliphatic heterocycles. The van der Waals surface area contributed by atoms with Crippen LogP contribution in [0.25, 0.3) is 10.2 Å². The first-order valence-electron chi connectivity index (χ1n) is 8.76. The summed E-state index contributed by atoms with van der Waals surface area (Å²) in [5.41, 5.74) is 8.99. The van der Waals surface area contributed by atoms with Gasteiger partial charge < -0.3 is 10.6 Å². The molecule has 0 bridgehead atoms. The lowest BCUT2D eigenvalue weighted by Crippen LogP contribution is -2.26. The van der Waals surface area contributed by atoms with Crippen LogP contribution in [0.3, 0.4) is 0 Å². The maximum atomic E-state index is 6.06. The Balaban J connectivity index is 1.83. The van der Waals surface area contributed by atoms with Crippen LogP contribution in [0.5, 0.6) is 0 Å². The number of hydrogen-bond donors (Lipinski definition) is 1. The molecular formula is C18H26N4S. The van der Waals surface area contributed by atoms with Gasteiger partial charge in [0.15, 0.2) is 5.82 Å². The van der Waals surface area contributed by atoms with Gasteiger partial charge in [-0.3, -0.25) is 0 Å². The van der Waals surface area contributed by atoms with E-state index >= 15 is 0 Å². The lowest BCUT2D eigenvalue weighted by molar-refractivity contribution is 0.217.